The third-order valence-corrected chi connectivity index (χ3v) is 3.76. The summed E-state index contributed by atoms with van der Waals surface area (Å²) in [6.07, 6.45) is 3.03. The number of rotatable bonds is 4. The Hall–Kier alpha value is -1.73. The van der Waals surface area contributed by atoms with Crippen LogP contribution in [-0.2, 0) is 9.59 Å². The summed E-state index contributed by atoms with van der Waals surface area (Å²) in [6.45, 7) is 0.0343. The van der Waals surface area contributed by atoms with Gasteiger partial charge in [-0.25, -0.2) is 0 Å². The molecule has 0 spiro atoms. The van der Waals surface area contributed by atoms with E-state index in [1.807, 2.05) is 6.07 Å². The number of carboxylic acid groups (broad SMARTS) is 1. The van der Waals surface area contributed by atoms with E-state index in [1.165, 1.54) is 4.90 Å². The van der Waals surface area contributed by atoms with Crippen LogP contribution in [0.15, 0.2) is 29.3 Å². The summed E-state index contributed by atoms with van der Waals surface area (Å²) in [5.74, 6) is -1.50. The second kappa shape index (κ2) is 5.94. The van der Waals surface area contributed by atoms with E-state index in [4.69, 9.17) is 12.2 Å². The lowest BCUT2D eigenvalue weighted by molar-refractivity contribution is -0.305. The van der Waals surface area contributed by atoms with Crippen LogP contribution in [0.1, 0.15) is 12.1 Å². The Morgan fingerprint density at radius 1 is 1.53 bits per heavy atom. The van der Waals surface area contributed by atoms with Gasteiger partial charge in [-0.2, -0.15) is 0 Å². The second-order valence-corrected chi connectivity index (χ2v) is 5.39. The summed E-state index contributed by atoms with van der Waals surface area (Å²) in [5.41, 5.74) is 0.655. The molecular weight excluding hydrogens is 284 g/mol. The van der Waals surface area contributed by atoms with Gasteiger partial charge in [0.25, 0.3) is 5.91 Å². The van der Waals surface area contributed by atoms with Crippen molar-refractivity contribution in [3.05, 3.63) is 35.0 Å². The largest absolute Gasteiger partial charge is 0.550 e. The lowest BCUT2D eigenvalue weighted by atomic mass is 10.3. The van der Waals surface area contributed by atoms with Gasteiger partial charge in [-0.3, -0.25) is 14.7 Å². The number of pyridine rings is 1. The highest BCUT2D eigenvalue weighted by atomic mass is 32.2. The Morgan fingerprint density at radius 3 is 2.95 bits per heavy atom. The van der Waals surface area contributed by atoms with Crippen LogP contribution in [0.3, 0.4) is 0 Å². The molecule has 2 rings (SSSR count). The molecule has 98 valence electrons. The van der Waals surface area contributed by atoms with Crippen LogP contribution >= 0.6 is 24.0 Å². The predicted octanol–water partition coefficient (Wildman–Crippen LogP) is 0.423. The lowest BCUT2D eigenvalue weighted by Gasteiger charge is -2.14. The van der Waals surface area contributed by atoms with Crippen LogP contribution < -0.4 is 5.11 Å². The molecule has 19 heavy (non-hydrogen) atoms. The summed E-state index contributed by atoms with van der Waals surface area (Å²) in [5, 5.41) is 10.4. The maximum atomic E-state index is 12.0. The number of amides is 1. The normalized spacial score (nSPS) is 17.3. The monoisotopic (exact) mass is 293 g/mol. The molecule has 0 aliphatic carbocycles. The van der Waals surface area contributed by atoms with Crippen LogP contribution in [0, 0.1) is 0 Å². The maximum Gasteiger partial charge on any atom is 0.266 e. The van der Waals surface area contributed by atoms with Crippen LogP contribution in [-0.4, -0.2) is 32.6 Å². The van der Waals surface area contributed by atoms with E-state index < -0.39 is 5.97 Å². The highest BCUT2D eigenvalue weighted by Crippen LogP contribution is 2.32. The molecule has 1 amide bonds. The van der Waals surface area contributed by atoms with Gasteiger partial charge in [0, 0.05) is 25.1 Å². The van der Waals surface area contributed by atoms with Crippen molar-refractivity contribution in [2.75, 3.05) is 6.54 Å². The highest BCUT2D eigenvalue weighted by Gasteiger charge is 2.31. The molecule has 2 heterocycles. The van der Waals surface area contributed by atoms with Crippen molar-refractivity contribution < 1.29 is 14.7 Å². The fourth-order valence-electron chi connectivity index (χ4n) is 1.49. The highest BCUT2D eigenvalue weighted by molar-refractivity contribution is 8.26. The van der Waals surface area contributed by atoms with Crippen molar-refractivity contribution in [1.82, 2.24) is 9.88 Å². The number of hydrogen-bond acceptors (Lipinski definition) is 6. The van der Waals surface area contributed by atoms with Crippen LogP contribution in [0.2, 0.25) is 0 Å². The van der Waals surface area contributed by atoms with E-state index >= 15 is 0 Å². The number of thioether (sulfide) groups is 1. The Kier molecular flexibility index (Phi) is 4.28. The molecule has 0 saturated carbocycles. The SMILES string of the molecule is O=C([O-])CCN1C(=O)/C(=C\c2ccccn2)SC1=S. The van der Waals surface area contributed by atoms with Gasteiger partial charge >= 0.3 is 0 Å². The average Bonchev–Trinajstić information content (AvgIpc) is 2.63. The lowest BCUT2D eigenvalue weighted by Crippen LogP contribution is -2.33. The van der Waals surface area contributed by atoms with Gasteiger partial charge in [0.15, 0.2) is 0 Å². The molecular formula is C12H9N2O3S2-. The van der Waals surface area contributed by atoms with Crippen LogP contribution in [0.4, 0.5) is 0 Å². The Morgan fingerprint density at radius 2 is 2.32 bits per heavy atom. The van der Waals surface area contributed by atoms with Crippen LogP contribution in [0.25, 0.3) is 6.08 Å². The van der Waals surface area contributed by atoms with Gasteiger partial charge in [-0.05, 0) is 18.2 Å². The smallest absolute Gasteiger partial charge is 0.266 e. The third kappa shape index (κ3) is 3.39. The number of carbonyl (C=O) groups excluding carboxylic acids is 2. The quantitative estimate of drug-likeness (QED) is 0.592. The molecule has 0 bridgehead atoms. The molecule has 1 saturated heterocycles. The first-order chi connectivity index (χ1) is 9.08. The van der Waals surface area contributed by atoms with Crippen LogP contribution in [0.5, 0.6) is 0 Å². The van der Waals surface area contributed by atoms with E-state index in [0.29, 0.717) is 14.9 Å². The van der Waals surface area contributed by atoms with Gasteiger partial charge < -0.3 is 9.90 Å². The van der Waals surface area contributed by atoms with Gasteiger partial charge in [0.1, 0.15) is 4.32 Å². The second-order valence-electron chi connectivity index (χ2n) is 3.71. The molecule has 0 aromatic carbocycles. The maximum absolute atomic E-state index is 12.0. The number of thiocarbonyl (C=S) groups is 1. The van der Waals surface area contributed by atoms with Crippen molar-refractivity contribution >= 4 is 46.3 Å². The molecule has 1 aromatic rings. The molecule has 0 atom stereocenters. The molecule has 0 N–H and O–H groups in total. The number of aromatic nitrogens is 1. The van der Waals surface area contributed by atoms with Gasteiger partial charge in [-0.1, -0.05) is 30.0 Å². The number of carboxylic acids is 1. The minimum atomic E-state index is -1.21. The van der Waals surface area contributed by atoms with Gasteiger partial charge in [0.05, 0.1) is 10.6 Å². The third-order valence-electron chi connectivity index (χ3n) is 2.38. The topological polar surface area (TPSA) is 73.3 Å². The van der Waals surface area contributed by atoms with Gasteiger partial charge in [0.2, 0.25) is 0 Å². The minimum Gasteiger partial charge on any atom is -0.550 e. The molecule has 5 nitrogen and oxygen atoms in total. The summed E-state index contributed by atoms with van der Waals surface area (Å²) in [4.78, 5) is 28.3. The standard InChI is InChI=1S/C12H10N2O3S2/c15-10(16)4-6-14-11(17)9(19-12(14)18)7-8-3-1-2-5-13-8/h1-3,5,7H,4,6H2,(H,15,16)/p-1/b9-7+. The fourth-order valence-corrected chi connectivity index (χ4v) is 2.78. The zero-order valence-electron chi connectivity index (χ0n) is 9.74. The molecule has 0 unspecified atom stereocenters. The van der Waals surface area contributed by atoms with Crippen molar-refractivity contribution in [2.24, 2.45) is 0 Å². The Labute approximate surface area is 119 Å². The molecule has 7 heteroatoms. The van der Waals surface area contributed by atoms with E-state index in [-0.39, 0.29) is 18.9 Å². The van der Waals surface area contributed by atoms with E-state index in [1.54, 1.807) is 24.4 Å². The predicted molar refractivity (Wildman–Crippen MR) is 73.7 cm³/mol. The fraction of sp³-hybridized carbons (Fsp3) is 0.167. The Balaban J connectivity index is 2.14. The van der Waals surface area contributed by atoms with Crippen molar-refractivity contribution in [3.63, 3.8) is 0 Å². The first-order valence-corrected chi connectivity index (χ1v) is 6.66. The van der Waals surface area contributed by atoms with Gasteiger partial charge in [-0.15, -0.1) is 0 Å². The zero-order valence-corrected chi connectivity index (χ0v) is 11.4. The van der Waals surface area contributed by atoms with Crippen molar-refractivity contribution in [2.45, 2.75) is 6.42 Å². The first kappa shape index (κ1) is 13.7. The summed E-state index contributed by atoms with van der Waals surface area (Å²) >= 11 is 6.20. The molecule has 1 aromatic heterocycles. The average molecular weight is 293 g/mol. The van der Waals surface area contributed by atoms with E-state index in [9.17, 15) is 14.7 Å². The molecule has 1 aliphatic rings. The number of aliphatic carboxylic acids is 1. The summed E-state index contributed by atoms with van der Waals surface area (Å²) in [7, 11) is 0. The number of nitrogens with zero attached hydrogens (tertiary/aromatic N) is 2. The van der Waals surface area contributed by atoms with Crippen molar-refractivity contribution in [3.8, 4) is 0 Å². The molecule has 1 aliphatic heterocycles. The zero-order chi connectivity index (χ0) is 13.8. The Bertz CT molecular complexity index is 557. The minimum absolute atomic E-state index is 0.0343. The van der Waals surface area contributed by atoms with Crippen molar-refractivity contribution in [1.29, 1.82) is 0 Å². The number of hydrogen-bond donors (Lipinski definition) is 0. The number of carbonyl (C=O) groups is 2. The van der Waals surface area contributed by atoms with E-state index in [0.717, 1.165) is 11.8 Å². The molecule has 0 radical (unpaired) electrons. The molecule has 1 fully saturated rings. The van der Waals surface area contributed by atoms with E-state index in [2.05, 4.69) is 4.98 Å². The summed E-state index contributed by atoms with van der Waals surface area (Å²) in [6, 6.07) is 5.37. The summed E-state index contributed by atoms with van der Waals surface area (Å²) < 4.78 is 0.355. The first-order valence-electron chi connectivity index (χ1n) is 5.44.